The summed E-state index contributed by atoms with van der Waals surface area (Å²) >= 11 is 4.31. The van der Waals surface area contributed by atoms with Crippen molar-refractivity contribution in [3.8, 4) is 0 Å². The molecule has 0 aromatic heterocycles. The third-order valence-corrected chi connectivity index (χ3v) is 29.7. The molecule has 0 saturated carbocycles. The van der Waals surface area contributed by atoms with Gasteiger partial charge in [0.05, 0.1) is 0 Å². The van der Waals surface area contributed by atoms with Crippen molar-refractivity contribution in [2.24, 2.45) is 0 Å². The fourth-order valence-corrected chi connectivity index (χ4v) is 16.0. The molecule has 70 heavy (non-hydrogen) atoms. The Morgan fingerprint density at radius 1 is 0.157 bits per heavy atom. The van der Waals surface area contributed by atoms with E-state index in [1.165, 1.54) is 410 Å². The molecule has 0 aliphatic carbocycles. The normalized spacial score (nSPS) is 12.6. The van der Waals surface area contributed by atoms with E-state index in [1.807, 2.05) is 0 Å². The summed E-state index contributed by atoms with van der Waals surface area (Å²) in [7, 11) is 0. The Kier molecular flexibility index (Phi) is 59.9. The monoisotopic (exact) mass is 1070 g/mol. The van der Waals surface area contributed by atoms with E-state index in [2.05, 4.69) is 43.2 Å². The Bertz CT molecular complexity index is 915. The number of hydrogen-bond donors (Lipinski definition) is 0. The molecule has 2 heteroatoms. The molecule has 0 radical (unpaired) electrons. The number of hydrogen-bond acceptors (Lipinski definition) is 0. The van der Waals surface area contributed by atoms with E-state index < -0.39 is 5.31 Å². The van der Waals surface area contributed by atoms with E-state index in [4.69, 9.17) is 0 Å². The predicted molar refractivity (Wildman–Crippen MR) is 335 cm³/mol. The van der Waals surface area contributed by atoms with E-state index in [0.29, 0.717) is 0 Å². The van der Waals surface area contributed by atoms with Crippen molar-refractivity contribution in [2.75, 3.05) is 24.6 Å². The van der Waals surface area contributed by atoms with Crippen LogP contribution in [0.25, 0.3) is 0 Å². The topological polar surface area (TPSA) is 0 Å². The third kappa shape index (κ3) is 53.7. The van der Waals surface area contributed by atoms with Crippen LogP contribution in [0.1, 0.15) is 413 Å². The van der Waals surface area contributed by atoms with Crippen LogP contribution >= 0.6 is 20.8 Å². The van der Waals surface area contributed by atoms with Crippen molar-refractivity contribution in [2.45, 2.75) is 413 Å². The molecule has 0 heterocycles. The zero-order chi connectivity index (χ0) is 50.7. The molecule has 0 bridgehead atoms. The van der Waals surface area contributed by atoms with Crippen molar-refractivity contribution in [1.82, 2.24) is 0 Å². The van der Waals surface area contributed by atoms with Gasteiger partial charge in [0.1, 0.15) is 0 Å². The van der Waals surface area contributed by atoms with Crippen LogP contribution in [0.4, 0.5) is 0 Å². The molecule has 424 valence electrons. The summed E-state index contributed by atoms with van der Waals surface area (Å²) < 4.78 is 0. The van der Waals surface area contributed by atoms with Crippen molar-refractivity contribution >= 4 is 20.8 Å². The minimum atomic E-state index is -1.51. The van der Waals surface area contributed by atoms with Crippen molar-refractivity contribution in [1.29, 1.82) is 0 Å². The van der Waals surface area contributed by atoms with E-state index in [-0.39, 0.29) is 0 Å². The van der Waals surface area contributed by atoms with Gasteiger partial charge in [0.25, 0.3) is 0 Å². The second-order valence-electron chi connectivity index (χ2n) is 24.4. The number of rotatable bonds is 64. The minimum absolute atomic E-state index is 1.37. The molecule has 0 N–H and O–H groups in total. The second kappa shape index (κ2) is 59.2. The average Bonchev–Trinajstić information content (AvgIpc) is 3.38. The maximum atomic E-state index is 4.31. The van der Waals surface area contributed by atoms with Gasteiger partial charge in [0, 0.05) is 0 Å². The van der Waals surface area contributed by atoms with Gasteiger partial charge in [-0.2, -0.15) is 0 Å². The molecule has 0 aromatic rings. The van der Waals surface area contributed by atoms with Gasteiger partial charge >= 0.3 is 137 Å². The SMILES string of the molecule is CCCCCCCCCCCCCCCCCCCCCCCCCCCCCCCCCCCCCCCCCCCCCCCCCCCCCCCCCCCCCCP(Br)(CC)(CC)CC. The molecule has 0 aliphatic rings. The molecular weight excluding hydrogens is 928 g/mol. The Morgan fingerprint density at radius 3 is 0.357 bits per heavy atom. The van der Waals surface area contributed by atoms with Crippen molar-refractivity contribution in [3.63, 3.8) is 0 Å². The molecule has 0 spiro atoms. The van der Waals surface area contributed by atoms with Crippen molar-refractivity contribution in [3.05, 3.63) is 0 Å². The van der Waals surface area contributed by atoms with Gasteiger partial charge in [-0.15, -0.1) is 0 Å². The number of unbranched alkanes of at least 4 members (excludes halogenated alkanes) is 59. The zero-order valence-corrected chi connectivity index (χ0v) is 52.6. The van der Waals surface area contributed by atoms with Gasteiger partial charge < -0.3 is 0 Å². The Labute approximate surface area is 455 Å². The molecule has 0 amide bonds. The summed E-state index contributed by atoms with van der Waals surface area (Å²) in [6.07, 6.45) is 95.0. The Hall–Kier alpha value is 0.910. The van der Waals surface area contributed by atoms with E-state index >= 15 is 0 Å². The molecule has 0 aromatic carbocycles. The first kappa shape index (κ1) is 70.9. The van der Waals surface area contributed by atoms with Crippen LogP contribution in [0.5, 0.6) is 0 Å². The van der Waals surface area contributed by atoms with Crippen LogP contribution < -0.4 is 0 Å². The fourth-order valence-electron chi connectivity index (χ4n) is 12.0. The maximum absolute atomic E-state index is 4.31. The molecule has 0 nitrogen and oxygen atoms in total. The van der Waals surface area contributed by atoms with E-state index in [9.17, 15) is 0 Å². The van der Waals surface area contributed by atoms with Gasteiger partial charge in [-0.3, -0.25) is 0 Å². The van der Waals surface area contributed by atoms with Crippen LogP contribution in [0, 0.1) is 0 Å². The quantitative estimate of drug-likeness (QED) is 0.0421. The van der Waals surface area contributed by atoms with Crippen molar-refractivity contribution < 1.29 is 0 Å². The van der Waals surface area contributed by atoms with Crippen LogP contribution in [-0.2, 0) is 0 Å². The molecule has 0 atom stereocenters. The summed E-state index contributed by atoms with van der Waals surface area (Å²) in [5, 5.41) is -1.51. The van der Waals surface area contributed by atoms with Crippen LogP contribution in [0.3, 0.4) is 0 Å². The summed E-state index contributed by atoms with van der Waals surface area (Å²) in [6, 6.07) is 0. The van der Waals surface area contributed by atoms with Gasteiger partial charge in [-0.25, -0.2) is 0 Å². The first-order valence-corrected chi connectivity index (χ1v) is 39.3. The average molecular weight is 1070 g/mol. The number of halogens is 1. The van der Waals surface area contributed by atoms with Crippen LogP contribution in [-0.4, -0.2) is 24.6 Å². The summed E-state index contributed by atoms with van der Waals surface area (Å²) in [4.78, 5) is 0. The van der Waals surface area contributed by atoms with E-state index in [0.717, 1.165) is 0 Å². The van der Waals surface area contributed by atoms with Gasteiger partial charge in [-0.05, 0) is 0 Å². The molecule has 0 unspecified atom stereocenters. The predicted octanol–water partition coefficient (Wildman–Crippen LogP) is 27.3. The molecule has 0 saturated heterocycles. The van der Waals surface area contributed by atoms with Crippen LogP contribution in [0.15, 0.2) is 0 Å². The van der Waals surface area contributed by atoms with Gasteiger partial charge in [-0.1, -0.05) is 322 Å². The van der Waals surface area contributed by atoms with Gasteiger partial charge in [0.2, 0.25) is 0 Å². The summed E-state index contributed by atoms with van der Waals surface area (Å²) in [5.41, 5.74) is 0. The van der Waals surface area contributed by atoms with Gasteiger partial charge in [0.15, 0.2) is 0 Å². The first-order valence-electron chi connectivity index (χ1n) is 34.3. The zero-order valence-electron chi connectivity index (χ0n) is 50.1. The molecular formula is C68H140BrP. The molecule has 0 aliphatic heterocycles. The third-order valence-electron chi connectivity index (χ3n) is 17.9. The Balaban J connectivity index is 3.12. The summed E-state index contributed by atoms with van der Waals surface area (Å²) in [6.45, 7) is 9.59. The van der Waals surface area contributed by atoms with E-state index in [1.54, 1.807) is 0 Å². The summed E-state index contributed by atoms with van der Waals surface area (Å²) in [5.74, 6) is 0. The fraction of sp³-hybridized carbons (Fsp3) is 1.00. The molecule has 0 fully saturated rings. The standard InChI is InChI=1S/C68H140BrP/c1-5-9-10-11-12-13-14-15-16-17-18-19-20-21-22-23-24-25-26-27-28-29-30-31-32-33-34-35-36-37-38-39-40-41-42-43-44-45-46-47-48-49-50-51-52-53-54-55-56-57-58-59-60-61-62-63-64-65-66-67-68-70(69,6-2,7-3)8-4/h5-68H2,1-4H3. The first-order chi connectivity index (χ1) is 34.5. The molecule has 0 rings (SSSR count). The second-order valence-corrected chi connectivity index (χ2v) is 36.4. The Morgan fingerprint density at radius 2 is 0.257 bits per heavy atom. The van der Waals surface area contributed by atoms with Crippen LogP contribution in [0.2, 0.25) is 0 Å².